The number of aryl methyl sites for hydroxylation is 1. The number of fused-ring (bicyclic) bond motifs is 1. The van der Waals surface area contributed by atoms with Gasteiger partial charge in [-0.05, 0) is 38.0 Å². The summed E-state index contributed by atoms with van der Waals surface area (Å²) in [5.74, 6) is 0.512. The molecule has 3 nitrogen and oxygen atoms in total. The highest BCUT2D eigenvalue weighted by Crippen LogP contribution is 2.22. The van der Waals surface area contributed by atoms with Crippen LogP contribution in [0.1, 0.15) is 41.8 Å². The van der Waals surface area contributed by atoms with E-state index in [0.717, 1.165) is 36.9 Å². The number of hydrogen-bond acceptors (Lipinski definition) is 2. The number of carbonyl (C=O) groups excluding carboxylic acids is 1. The molecule has 1 aliphatic rings. The van der Waals surface area contributed by atoms with Crippen molar-refractivity contribution in [3.8, 4) is 0 Å². The summed E-state index contributed by atoms with van der Waals surface area (Å²) in [5, 5.41) is 1.01. The van der Waals surface area contributed by atoms with Gasteiger partial charge in [-0.25, -0.2) is 0 Å². The maximum absolute atomic E-state index is 12.4. The number of nitrogens with zero attached hydrogens (tertiary/aromatic N) is 1. The summed E-state index contributed by atoms with van der Waals surface area (Å²) in [4.78, 5) is 14.4. The zero-order valence-electron chi connectivity index (χ0n) is 11.3. The second-order valence-corrected chi connectivity index (χ2v) is 5.36. The summed E-state index contributed by atoms with van der Waals surface area (Å²) in [6, 6.07) is 7.86. The molecule has 19 heavy (non-hydrogen) atoms. The lowest BCUT2D eigenvalue weighted by Gasteiger charge is -2.18. The van der Waals surface area contributed by atoms with E-state index in [4.69, 9.17) is 4.42 Å². The molecule has 1 amide bonds. The largest absolute Gasteiger partial charge is 0.451 e. The minimum Gasteiger partial charge on any atom is -0.451 e. The normalized spacial score (nSPS) is 16.6. The Bertz CT molecular complexity index is 592. The van der Waals surface area contributed by atoms with Gasteiger partial charge in [-0.1, -0.05) is 24.5 Å². The Hall–Kier alpha value is -1.77. The summed E-state index contributed by atoms with van der Waals surface area (Å²) in [6.45, 7) is 3.76. The van der Waals surface area contributed by atoms with E-state index in [1.165, 1.54) is 18.4 Å². The number of rotatable bonds is 1. The van der Waals surface area contributed by atoms with E-state index in [-0.39, 0.29) is 5.91 Å². The Morgan fingerprint density at radius 3 is 2.58 bits per heavy atom. The van der Waals surface area contributed by atoms with Gasteiger partial charge in [0, 0.05) is 18.5 Å². The van der Waals surface area contributed by atoms with Gasteiger partial charge in [-0.15, -0.1) is 0 Å². The average Bonchev–Trinajstić information content (AvgIpc) is 2.64. The smallest absolute Gasteiger partial charge is 0.289 e. The maximum atomic E-state index is 12.4. The zero-order chi connectivity index (χ0) is 13.2. The first-order valence-electron chi connectivity index (χ1n) is 7.03. The van der Waals surface area contributed by atoms with Crippen LogP contribution in [0.15, 0.2) is 28.7 Å². The molecule has 0 spiro atoms. The van der Waals surface area contributed by atoms with E-state index < -0.39 is 0 Å². The van der Waals surface area contributed by atoms with E-state index in [2.05, 4.69) is 6.07 Å². The van der Waals surface area contributed by atoms with Gasteiger partial charge in [0.2, 0.25) is 0 Å². The summed E-state index contributed by atoms with van der Waals surface area (Å²) in [7, 11) is 0. The average molecular weight is 257 g/mol. The van der Waals surface area contributed by atoms with Gasteiger partial charge in [0.1, 0.15) is 5.58 Å². The van der Waals surface area contributed by atoms with Crippen LogP contribution >= 0.6 is 0 Å². The van der Waals surface area contributed by atoms with Crippen molar-refractivity contribution in [1.29, 1.82) is 0 Å². The highest BCUT2D eigenvalue weighted by atomic mass is 16.3. The van der Waals surface area contributed by atoms with Crippen molar-refractivity contribution in [3.63, 3.8) is 0 Å². The van der Waals surface area contributed by atoms with Gasteiger partial charge in [-0.3, -0.25) is 4.79 Å². The molecule has 3 heteroatoms. The summed E-state index contributed by atoms with van der Waals surface area (Å²) in [6.07, 6.45) is 4.66. The standard InChI is InChI=1S/C16H19NO2/c1-12-6-7-14-13(10-12)11-15(19-14)16(18)17-8-4-2-3-5-9-17/h6-7,10-11H,2-5,8-9H2,1H3. The molecule has 1 aromatic heterocycles. The highest BCUT2D eigenvalue weighted by molar-refractivity contribution is 5.96. The molecular weight excluding hydrogens is 238 g/mol. The van der Waals surface area contributed by atoms with Gasteiger partial charge in [0.05, 0.1) is 0 Å². The Labute approximate surface area is 113 Å². The second kappa shape index (κ2) is 5.08. The molecule has 1 saturated heterocycles. The number of likely N-dealkylation sites (tertiary alicyclic amines) is 1. The van der Waals surface area contributed by atoms with Crippen LogP contribution in [-0.4, -0.2) is 23.9 Å². The van der Waals surface area contributed by atoms with Crippen molar-refractivity contribution in [1.82, 2.24) is 4.90 Å². The third-order valence-electron chi connectivity index (χ3n) is 3.78. The van der Waals surface area contributed by atoms with Crippen LogP contribution in [0.25, 0.3) is 11.0 Å². The van der Waals surface area contributed by atoms with Crippen molar-refractivity contribution in [2.45, 2.75) is 32.6 Å². The van der Waals surface area contributed by atoms with E-state index in [9.17, 15) is 4.79 Å². The van der Waals surface area contributed by atoms with Gasteiger partial charge >= 0.3 is 0 Å². The molecule has 1 aromatic carbocycles. The molecule has 2 heterocycles. The SMILES string of the molecule is Cc1ccc2oc(C(=O)N3CCCCCC3)cc2c1. The van der Waals surface area contributed by atoms with Crippen LogP contribution in [0, 0.1) is 6.92 Å². The fourth-order valence-corrected chi connectivity index (χ4v) is 2.70. The van der Waals surface area contributed by atoms with E-state index >= 15 is 0 Å². The minimum atomic E-state index is 0.0377. The Balaban J connectivity index is 1.88. The minimum absolute atomic E-state index is 0.0377. The van der Waals surface area contributed by atoms with Crippen LogP contribution in [0.3, 0.4) is 0 Å². The lowest BCUT2D eigenvalue weighted by atomic mass is 10.2. The Morgan fingerprint density at radius 1 is 1.11 bits per heavy atom. The highest BCUT2D eigenvalue weighted by Gasteiger charge is 2.20. The van der Waals surface area contributed by atoms with Gasteiger partial charge in [-0.2, -0.15) is 0 Å². The Morgan fingerprint density at radius 2 is 1.84 bits per heavy atom. The van der Waals surface area contributed by atoms with Crippen molar-refractivity contribution < 1.29 is 9.21 Å². The molecule has 0 atom stereocenters. The molecule has 0 saturated carbocycles. The summed E-state index contributed by atoms with van der Waals surface area (Å²) >= 11 is 0. The molecule has 3 rings (SSSR count). The number of furan rings is 1. The zero-order valence-corrected chi connectivity index (χ0v) is 11.3. The van der Waals surface area contributed by atoms with E-state index in [0.29, 0.717) is 5.76 Å². The molecular formula is C16H19NO2. The number of hydrogen-bond donors (Lipinski definition) is 0. The molecule has 0 aliphatic carbocycles. The maximum Gasteiger partial charge on any atom is 0.289 e. The fourth-order valence-electron chi connectivity index (χ4n) is 2.70. The van der Waals surface area contributed by atoms with Crippen LogP contribution < -0.4 is 0 Å². The van der Waals surface area contributed by atoms with Crippen LogP contribution in [0.4, 0.5) is 0 Å². The van der Waals surface area contributed by atoms with Crippen molar-refractivity contribution in [3.05, 3.63) is 35.6 Å². The van der Waals surface area contributed by atoms with Crippen molar-refractivity contribution >= 4 is 16.9 Å². The molecule has 1 fully saturated rings. The second-order valence-electron chi connectivity index (χ2n) is 5.36. The molecule has 0 N–H and O–H groups in total. The summed E-state index contributed by atoms with van der Waals surface area (Å²) < 4.78 is 5.69. The molecule has 2 aromatic rings. The third kappa shape index (κ3) is 2.50. The van der Waals surface area contributed by atoms with Crippen LogP contribution in [0.5, 0.6) is 0 Å². The monoisotopic (exact) mass is 257 g/mol. The molecule has 1 aliphatic heterocycles. The predicted octanol–water partition coefficient (Wildman–Crippen LogP) is 3.76. The predicted molar refractivity (Wildman–Crippen MR) is 75.3 cm³/mol. The van der Waals surface area contributed by atoms with Crippen LogP contribution in [-0.2, 0) is 0 Å². The quantitative estimate of drug-likeness (QED) is 0.779. The lowest BCUT2D eigenvalue weighted by Crippen LogP contribution is -2.31. The van der Waals surface area contributed by atoms with Gasteiger partial charge in [0.25, 0.3) is 5.91 Å². The number of benzene rings is 1. The first-order chi connectivity index (χ1) is 9.24. The molecule has 100 valence electrons. The Kier molecular flexibility index (Phi) is 3.28. The number of carbonyl (C=O) groups is 1. The third-order valence-corrected chi connectivity index (χ3v) is 3.78. The topological polar surface area (TPSA) is 33.5 Å². The molecule has 0 radical (unpaired) electrons. The fraction of sp³-hybridized carbons (Fsp3) is 0.438. The first kappa shape index (κ1) is 12.3. The van der Waals surface area contributed by atoms with Crippen molar-refractivity contribution in [2.24, 2.45) is 0 Å². The molecule has 0 unspecified atom stereocenters. The molecule has 0 bridgehead atoms. The summed E-state index contributed by atoms with van der Waals surface area (Å²) in [5.41, 5.74) is 1.98. The first-order valence-corrected chi connectivity index (χ1v) is 7.03. The van der Waals surface area contributed by atoms with E-state index in [1.807, 2.05) is 30.0 Å². The van der Waals surface area contributed by atoms with Gasteiger partial charge < -0.3 is 9.32 Å². The van der Waals surface area contributed by atoms with Gasteiger partial charge in [0.15, 0.2) is 5.76 Å². The number of amides is 1. The lowest BCUT2D eigenvalue weighted by molar-refractivity contribution is 0.0732. The van der Waals surface area contributed by atoms with Crippen LogP contribution in [0.2, 0.25) is 0 Å². The van der Waals surface area contributed by atoms with E-state index in [1.54, 1.807) is 0 Å². The van der Waals surface area contributed by atoms with Crippen molar-refractivity contribution in [2.75, 3.05) is 13.1 Å².